The minimum absolute atomic E-state index is 0.0523. The van der Waals surface area contributed by atoms with Crippen molar-refractivity contribution in [3.05, 3.63) is 0 Å². The second-order valence-electron chi connectivity index (χ2n) is 3.46. The molecule has 0 bridgehead atoms. The smallest absolute Gasteiger partial charge is 0.326 e. The lowest BCUT2D eigenvalue weighted by molar-refractivity contribution is -0.157. The van der Waals surface area contributed by atoms with Gasteiger partial charge in [0.25, 0.3) is 0 Å². The molecule has 1 aliphatic rings. The highest BCUT2D eigenvalue weighted by Gasteiger charge is 2.41. The van der Waals surface area contributed by atoms with Gasteiger partial charge in [0.2, 0.25) is 0 Å². The summed E-state index contributed by atoms with van der Waals surface area (Å²) in [5.41, 5.74) is 5.07. The second kappa shape index (κ2) is 2.81. The van der Waals surface area contributed by atoms with Gasteiger partial charge in [0.15, 0.2) is 0 Å². The normalized spacial score (nSPS) is 21.1. The Kier molecular flexibility index (Phi) is 2.18. The fourth-order valence-electron chi connectivity index (χ4n) is 1.09. The van der Waals surface area contributed by atoms with Gasteiger partial charge in [-0.15, -0.1) is 0 Å². The zero-order chi connectivity index (χ0) is 8.48. The van der Waals surface area contributed by atoms with E-state index in [9.17, 15) is 4.79 Å². The first-order valence-corrected chi connectivity index (χ1v) is 4.04. The summed E-state index contributed by atoms with van der Waals surface area (Å²) in [6.07, 6.45) is 2.55. The van der Waals surface area contributed by atoms with Gasteiger partial charge in [-0.2, -0.15) is 0 Å². The minimum Gasteiger partial charge on any atom is -0.462 e. The Bertz CT molecular complexity index is 161. The van der Waals surface area contributed by atoms with Gasteiger partial charge in [-0.3, -0.25) is 4.79 Å². The quantitative estimate of drug-likeness (QED) is 0.604. The van der Waals surface area contributed by atoms with Crippen molar-refractivity contribution < 1.29 is 9.53 Å². The summed E-state index contributed by atoms with van der Waals surface area (Å²) in [6.45, 7) is 3.67. The van der Waals surface area contributed by atoms with Gasteiger partial charge < -0.3 is 10.5 Å². The van der Waals surface area contributed by atoms with E-state index in [0.29, 0.717) is 0 Å². The summed E-state index contributed by atoms with van der Waals surface area (Å²) in [7, 11) is 0. The van der Waals surface area contributed by atoms with Gasteiger partial charge in [0.1, 0.15) is 5.54 Å². The maximum atomic E-state index is 11.2. The molecule has 0 saturated heterocycles. The molecule has 0 atom stereocenters. The number of esters is 1. The molecular formula is C8H15NO2. The molecule has 0 aromatic carbocycles. The van der Waals surface area contributed by atoms with Crippen molar-refractivity contribution in [2.24, 2.45) is 5.73 Å². The molecule has 0 heterocycles. The molecule has 1 fully saturated rings. The predicted octanol–water partition coefficient (Wildman–Crippen LogP) is 0.819. The maximum Gasteiger partial charge on any atom is 0.326 e. The van der Waals surface area contributed by atoms with Crippen LogP contribution in [0.5, 0.6) is 0 Å². The Balaban J connectivity index is 2.40. The fourth-order valence-corrected chi connectivity index (χ4v) is 1.09. The van der Waals surface area contributed by atoms with Crippen LogP contribution in [0.15, 0.2) is 0 Å². The Hall–Kier alpha value is -0.570. The van der Waals surface area contributed by atoms with E-state index >= 15 is 0 Å². The number of carbonyl (C=O) groups excluding carboxylic acids is 1. The SMILES string of the molecule is CC(C)OC(=O)C1(N)CCC1. The molecular weight excluding hydrogens is 142 g/mol. The van der Waals surface area contributed by atoms with Crippen LogP contribution >= 0.6 is 0 Å². The molecule has 0 aromatic rings. The topological polar surface area (TPSA) is 52.3 Å². The van der Waals surface area contributed by atoms with Crippen LogP contribution in [-0.4, -0.2) is 17.6 Å². The number of carbonyl (C=O) groups is 1. The standard InChI is InChI=1S/C8H15NO2/c1-6(2)11-7(10)8(9)4-3-5-8/h6H,3-5,9H2,1-2H3. The van der Waals surface area contributed by atoms with Crippen LogP contribution in [0, 0.1) is 0 Å². The van der Waals surface area contributed by atoms with Gasteiger partial charge in [0, 0.05) is 0 Å². The minimum atomic E-state index is -0.649. The Labute approximate surface area is 66.9 Å². The number of ether oxygens (including phenoxy) is 1. The molecule has 3 nitrogen and oxygen atoms in total. The summed E-state index contributed by atoms with van der Waals surface area (Å²) in [5, 5.41) is 0. The highest BCUT2D eigenvalue weighted by Crippen LogP contribution is 2.30. The van der Waals surface area contributed by atoms with Gasteiger partial charge in [-0.25, -0.2) is 0 Å². The number of nitrogens with two attached hydrogens (primary N) is 1. The lowest BCUT2D eigenvalue weighted by Gasteiger charge is -2.35. The third kappa shape index (κ3) is 1.71. The van der Waals surface area contributed by atoms with E-state index < -0.39 is 5.54 Å². The van der Waals surface area contributed by atoms with Crippen molar-refractivity contribution in [1.82, 2.24) is 0 Å². The first kappa shape index (κ1) is 8.53. The van der Waals surface area contributed by atoms with Crippen LogP contribution < -0.4 is 5.73 Å². The van der Waals surface area contributed by atoms with Crippen molar-refractivity contribution in [2.75, 3.05) is 0 Å². The summed E-state index contributed by atoms with van der Waals surface area (Å²) >= 11 is 0. The molecule has 0 unspecified atom stereocenters. The van der Waals surface area contributed by atoms with E-state index in [-0.39, 0.29) is 12.1 Å². The monoisotopic (exact) mass is 157 g/mol. The van der Waals surface area contributed by atoms with Crippen LogP contribution in [0.1, 0.15) is 33.1 Å². The summed E-state index contributed by atoms with van der Waals surface area (Å²) in [4.78, 5) is 11.2. The third-order valence-electron chi connectivity index (χ3n) is 2.00. The van der Waals surface area contributed by atoms with E-state index in [1.54, 1.807) is 0 Å². The van der Waals surface area contributed by atoms with Crippen LogP contribution in [0.4, 0.5) is 0 Å². The van der Waals surface area contributed by atoms with Crippen molar-refractivity contribution in [3.8, 4) is 0 Å². The molecule has 0 amide bonds. The number of rotatable bonds is 2. The Morgan fingerprint density at radius 2 is 2.09 bits per heavy atom. The van der Waals surface area contributed by atoms with Crippen molar-refractivity contribution >= 4 is 5.97 Å². The summed E-state index contributed by atoms with van der Waals surface area (Å²) < 4.78 is 4.99. The van der Waals surface area contributed by atoms with E-state index in [0.717, 1.165) is 19.3 Å². The zero-order valence-corrected chi connectivity index (χ0v) is 7.09. The van der Waals surface area contributed by atoms with Crippen LogP contribution in [0.2, 0.25) is 0 Å². The van der Waals surface area contributed by atoms with E-state index in [1.807, 2.05) is 13.8 Å². The van der Waals surface area contributed by atoms with Crippen LogP contribution in [0.25, 0.3) is 0 Å². The summed E-state index contributed by atoms with van der Waals surface area (Å²) in [5.74, 6) is -0.237. The Morgan fingerprint density at radius 1 is 1.55 bits per heavy atom. The molecule has 1 aliphatic carbocycles. The molecule has 3 heteroatoms. The molecule has 0 spiro atoms. The average molecular weight is 157 g/mol. The lowest BCUT2D eigenvalue weighted by atomic mass is 9.78. The predicted molar refractivity (Wildman–Crippen MR) is 42.0 cm³/mol. The summed E-state index contributed by atoms with van der Waals surface area (Å²) in [6, 6.07) is 0. The Morgan fingerprint density at radius 3 is 2.36 bits per heavy atom. The largest absolute Gasteiger partial charge is 0.462 e. The van der Waals surface area contributed by atoms with Crippen LogP contribution in [0.3, 0.4) is 0 Å². The first-order valence-electron chi connectivity index (χ1n) is 4.04. The molecule has 64 valence electrons. The van der Waals surface area contributed by atoms with Gasteiger partial charge in [-0.05, 0) is 33.1 Å². The highest BCUT2D eigenvalue weighted by molar-refractivity contribution is 5.81. The van der Waals surface area contributed by atoms with Gasteiger partial charge in [0.05, 0.1) is 6.10 Å². The molecule has 0 radical (unpaired) electrons. The van der Waals surface area contributed by atoms with Crippen molar-refractivity contribution in [2.45, 2.75) is 44.8 Å². The van der Waals surface area contributed by atoms with Crippen molar-refractivity contribution in [1.29, 1.82) is 0 Å². The van der Waals surface area contributed by atoms with Gasteiger partial charge in [-0.1, -0.05) is 0 Å². The maximum absolute atomic E-state index is 11.2. The van der Waals surface area contributed by atoms with Crippen molar-refractivity contribution in [3.63, 3.8) is 0 Å². The van der Waals surface area contributed by atoms with E-state index in [4.69, 9.17) is 10.5 Å². The molecule has 0 aromatic heterocycles. The molecule has 1 rings (SSSR count). The molecule has 11 heavy (non-hydrogen) atoms. The molecule has 0 aliphatic heterocycles. The molecule has 2 N–H and O–H groups in total. The van der Waals surface area contributed by atoms with Gasteiger partial charge >= 0.3 is 5.97 Å². The lowest BCUT2D eigenvalue weighted by Crippen LogP contribution is -2.54. The second-order valence-corrected chi connectivity index (χ2v) is 3.46. The number of hydrogen-bond donors (Lipinski definition) is 1. The average Bonchev–Trinajstić information content (AvgIpc) is 1.81. The number of hydrogen-bond acceptors (Lipinski definition) is 3. The van der Waals surface area contributed by atoms with E-state index in [1.165, 1.54) is 0 Å². The highest BCUT2D eigenvalue weighted by atomic mass is 16.5. The first-order chi connectivity index (χ1) is 5.04. The van der Waals surface area contributed by atoms with Crippen LogP contribution in [-0.2, 0) is 9.53 Å². The third-order valence-corrected chi connectivity index (χ3v) is 2.00. The zero-order valence-electron chi connectivity index (χ0n) is 7.09. The fraction of sp³-hybridized carbons (Fsp3) is 0.875. The molecule has 1 saturated carbocycles. The van der Waals surface area contributed by atoms with E-state index in [2.05, 4.69) is 0 Å².